The van der Waals surface area contributed by atoms with E-state index in [4.69, 9.17) is 28.9 Å². The van der Waals surface area contributed by atoms with Gasteiger partial charge in [-0.25, -0.2) is 4.98 Å². The second-order valence-corrected chi connectivity index (χ2v) is 6.99. The van der Waals surface area contributed by atoms with Crippen molar-refractivity contribution in [3.63, 3.8) is 0 Å². The van der Waals surface area contributed by atoms with Gasteiger partial charge in [0.2, 0.25) is 0 Å². The molecule has 0 aliphatic rings. The number of hydrogen-bond donors (Lipinski definition) is 2. The van der Waals surface area contributed by atoms with Crippen molar-refractivity contribution in [2.45, 2.75) is 24.8 Å². The molecule has 0 atom stereocenters. The summed E-state index contributed by atoms with van der Waals surface area (Å²) in [4.78, 5) is 10.5. The standard InChI is InChI=1S/C16H14N4OS3/c1-2-3-7-24-15-9(8-17)11(10-5-4-6-21-10)12-13(18-15)19-16(23)20-14(12)22/h4-6H,2-3,7H2,1H3,(H2,18,19,20,22,23). The number of aromatic nitrogens is 3. The van der Waals surface area contributed by atoms with Crippen molar-refractivity contribution in [1.82, 2.24) is 15.0 Å². The van der Waals surface area contributed by atoms with Gasteiger partial charge < -0.3 is 14.4 Å². The molecule has 0 bridgehead atoms. The predicted octanol–water partition coefficient (Wildman–Crippen LogP) is 5.37. The van der Waals surface area contributed by atoms with Crippen molar-refractivity contribution < 1.29 is 4.42 Å². The molecule has 8 heteroatoms. The van der Waals surface area contributed by atoms with Crippen molar-refractivity contribution >= 4 is 47.2 Å². The Kier molecular flexibility index (Phi) is 5.14. The molecule has 0 saturated carbocycles. The van der Waals surface area contributed by atoms with Crippen molar-refractivity contribution in [3.8, 4) is 17.4 Å². The van der Waals surface area contributed by atoms with Gasteiger partial charge in [0, 0.05) is 0 Å². The fourth-order valence-corrected chi connectivity index (χ4v) is 4.01. The second kappa shape index (κ2) is 7.30. The van der Waals surface area contributed by atoms with E-state index in [1.807, 2.05) is 6.07 Å². The third-order valence-corrected chi connectivity index (χ3v) is 5.04. The van der Waals surface area contributed by atoms with E-state index in [0.29, 0.717) is 42.4 Å². The average Bonchev–Trinajstić information content (AvgIpc) is 3.07. The molecule has 3 heterocycles. The van der Waals surface area contributed by atoms with Gasteiger partial charge in [-0.1, -0.05) is 25.6 Å². The Morgan fingerprint density at radius 3 is 2.88 bits per heavy atom. The Morgan fingerprint density at radius 2 is 2.21 bits per heavy atom. The minimum absolute atomic E-state index is 0.402. The van der Waals surface area contributed by atoms with Crippen molar-refractivity contribution in [1.29, 1.82) is 5.26 Å². The number of nitrogens with one attached hydrogen (secondary N) is 2. The molecule has 0 amide bonds. The second-order valence-electron chi connectivity index (χ2n) is 5.09. The van der Waals surface area contributed by atoms with Crippen LogP contribution in [0.3, 0.4) is 0 Å². The van der Waals surface area contributed by atoms with Crippen LogP contribution in [-0.2, 0) is 0 Å². The van der Waals surface area contributed by atoms with Crippen LogP contribution in [0.25, 0.3) is 22.4 Å². The molecule has 0 fully saturated rings. The molecule has 5 nitrogen and oxygen atoms in total. The molecule has 3 rings (SSSR count). The topological polar surface area (TPSA) is 81.4 Å². The molecule has 0 unspecified atom stereocenters. The summed E-state index contributed by atoms with van der Waals surface area (Å²) in [7, 11) is 0. The molecule has 0 aliphatic carbocycles. The summed E-state index contributed by atoms with van der Waals surface area (Å²) in [6, 6.07) is 5.86. The maximum atomic E-state index is 9.74. The zero-order valence-electron chi connectivity index (χ0n) is 12.9. The smallest absolute Gasteiger partial charge is 0.177 e. The predicted molar refractivity (Wildman–Crippen MR) is 100 cm³/mol. The van der Waals surface area contributed by atoms with Gasteiger partial charge in [-0.15, -0.1) is 11.8 Å². The minimum atomic E-state index is 0.402. The van der Waals surface area contributed by atoms with Crippen LogP contribution in [0.5, 0.6) is 0 Å². The first-order chi connectivity index (χ1) is 11.7. The molecule has 3 aromatic rings. The molecular formula is C16H14N4OS3. The summed E-state index contributed by atoms with van der Waals surface area (Å²) in [5.41, 5.74) is 1.69. The van der Waals surface area contributed by atoms with Crippen molar-refractivity contribution in [2.75, 3.05) is 5.75 Å². The summed E-state index contributed by atoms with van der Waals surface area (Å²) >= 11 is 12.1. The number of thioether (sulfide) groups is 1. The third-order valence-electron chi connectivity index (χ3n) is 3.47. The summed E-state index contributed by atoms with van der Waals surface area (Å²) in [6.07, 6.45) is 3.71. The SMILES string of the molecule is CCCCSc1nc2[nH]c(=S)[nH]c(=S)c2c(-c2ccco2)c1C#N. The van der Waals surface area contributed by atoms with E-state index in [-0.39, 0.29) is 0 Å². The van der Waals surface area contributed by atoms with E-state index in [9.17, 15) is 5.26 Å². The lowest BCUT2D eigenvalue weighted by atomic mass is 10.1. The minimum Gasteiger partial charge on any atom is -0.464 e. The number of pyridine rings is 1. The van der Waals surface area contributed by atoms with Crippen LogP contribution < -0.4 is 0 Å². The maximum absolute atomic E-state index is 9.74. The Labute approximate surface area is 153 Å². The van der Waals surface area contributed by atoms with E-state index >= 15 is 0 Å². The monoisotopic (exact) mass is 374 g/mol. The Balaban J connectivity index is 2.36. The largest absolute Gasteiger partial charge is 0.464 e. The average molecular weight is 375 g/mol. The molecular weight excluding hydrogens is 360 g/mol. The number of nitrogens with zero attached hydrogens (tertiary/aromatic N) is 2. The van der Waals surface area contributed by atoms with Gasteiger partial charge >= 0.3 is 0 Å². The van der Waals surface area contributed by atoms with Gasteiger partial charge in [-0.2, -0.15) is 5.26 Å². The number of hydrogen-bond acceptors (Lipinski definition) is 6. The highest BCUT2D eigenvalue weighted by Crippen LogP contribution is 2.36. The van der Waals surface area contributed by atoms with Gasteiger partial charge in [0.25, 0.3) is 0 Å². The molecule has 2 N–H and O–H groups in total. The number of rotatable bonds is 5. The summed E-state index contributed by atoms with van der Waals surface area (Å²) in [6.45, 7) is 2.13. The lowest BCUT2D eigenvalue weighted by molar-refractivity contribution is 0.582. The molecule has 0 saturated heterocycles. The first kappa shape index (κ1) is 16.9. The summed E-state index contributed by atoms with van der Waals surface area (Å²) in [5.74, 6) is 1.48. The fraction of sp³-hybridized carbons (Fsp3) is 0.250. The lowest BCUT2D eigenvalue weighted by Crippen LogP contribution is -1.99. The highest BCUT2D eigenvalue weighted by atomic mass is 32.2. The zero-order valence-corrected chi connectivity index (χ0v) is 15.3. The van der Waals surface area contributed by atoms with Gasteiger partial charge in [0.1, 0.15) is 27.1 Å². The lowest BCUT2D eigenvalue weighted by Gasteiger charge is -2.11. The summed E-state index contributed by atoms with van der Waals surface area (Å²) in [5, 5.41) is 11.0. The Morgan fingerprint density at radius 1 is 1.38 bits per heavy atom. The molecule has 122 valence electrons. The molecule has 0 radical (unpaired) electrons. The van der Waals surface area contributed by atoms with Crippen LogP contribution in [0.4, 0.5) is 0 Å². The highest BCUT2D eigenvalue weighted by Gasteiger charge is 2.20. The van der Waals surface area contributed by atoms with Crippen molar-refractivity contribution in [2.24, 2.45) is 0 Å². The quantitative estimate of drug-likeness (QED) is 0.355. The third kappa shape index (κ3) is 3.15. The van der Waals surface area contributed by atoms with Gasteiger partial charge in [0.05, 0.1) is 22.8 Å². The molecule has 0 aliphatic heterocycles. The van der Waals surface area contributed by atoms with Crippen LogP contribution >= 0.6 is 36.2 Å². The Bertz CT molecular complexity index is 1030. The van der Waals surface area contributed by atoms with Gasteiger partial charge in [0.15, 0.2) is 4.77 Å². The van der Waals surface area contributed by atoms with E-state index in [1.54, 1.807) is 24.1 Å². The first-order valence-electron chi connectivity index (χ1n) is 7.42. The Hall–Kier alpha value is -1.95. The van der Waals surface area contributed by atoms with Crippen LogP contribution in [0.2, 0.25) is 0 Å². The number of fused-ring (bicyclic) bond motifs is 1. The van der Waals surface area contributed by atoms with Gasteiger partial charge in [-0.3, -0.25) is 0 Å². The number of furan rings is 1. The number of nitriles is 1. The zero-order chi connectivity index (χ0) is 17.1. The molecule has 24 heavy (non-hydrogen) atoms. The normalized spacial score (nSPS) is 10.8. The van der Waals surface area contributed by atoms with E-state index in [1.165, 1.54) is 0 Å². The maximum Gasteiger partial charge on any atom is 0.177 e. The van der Waals surface area contributed by atoms with Crippen LogP contribution in [0, 0.1) is 20.7 Å². The van der Waals surface area contributed by atoms with Gasteiger partial charge in [-0.05, 0) is 36.5 Å². The first-order valence-corrected chi connectivity index (χ1v) is 9.23. The van der Waals surface area contributed by atoms with E-state index in [0.717, 1.165) is 18.6 Å². The molecule has 0 aromatic carbocycles. The van der Waals surface area contributed by atoms with E-state index in [2.05, 4.69) is 27.9 Å². The highest BCUT2D eigenvalue weighted by molar-refractivity contribution is 7.99. The van der Waals surface area contributed by atoms with Crippen LogP contribution in [-0.4, -0.2) is 20.7 Å². The fourth-order valence-electron chi connectivity index (χ4n) is 2.37. The molecule has 0 spiro atoms. The number of aromatic amines is 2. The van der Waals surface area contributed by atoms with Crippen LogP contribution in [0.1, 0.15) is 25.3 Å². The number of H-pyrrole nitrogens is 2. The number of unbranched alkanes of at least 4 members (excludes halogenated alkanes) is 1. The summed E-state index contributed by atoms with van der Waals surface area (Å²) < 4.78 is 6.39. The van der Waals surface area contributed by atoms with E-state index < -0.39 is 0 Å². The molecule has 3 aromatic heterocycles. The van der Waals surface area contributed by atoms with Crippen molar-refractivity contribution in [3.05, 3.63) is 33.4 Å². The van der Waals surface area contributed by atoms with Crippen LogP contribution in [0.15, 0.2) is 27.8 Å².